The molecule has 0 bridgehead atoms. The van der Waals surface area contributed by atoms with Crippen molar-refractivity contribution in [1.29, 1.82) is 0 Å². The maximum Gasteiger partial charge on any atom is 0.257 e. The first-order valence-electron chi connectivity index (χ1n) is 9.26. The van der Waals surface area contributed by atoms with E-state index < -0.39 is 5.82 Å². The fourth-order valence-electron chi connectivity index (χ4n) is 3.38. The summed E-state index contributed by atoms with van der Waals surface area (Å²) in [5.74, 6) is -0.444. The van der Waals surface area contributed by atoms with Crippen molar-refractivity contribution in [2.75, 3.05) is 38.6 Å². The Morgan fingerprint density at radius 3 is 2.62 bits per heavy atom. The van der Waals surface area contributed by atoms with Crippen molar-refractivity contribution in [2.24, 2.45) is 7.05 Å². The van der Waals surface area contributed by atoms with E-state index in [1.807, 2.05) is 34.5 Å². The van der Waals surface area contributed by atoms with E-state index in [-0.39, 0.29) is 30.0 Å². The van der Waals surface area contributed by atoms with Crippen molar-refractivity contribution in [2.45, 2.75) is 13.0 Å². The van der Waals surface area contributed by atoms with Gasteiger partial charge >= 0.3 is 0 Å². The van der Waals surface area contributed by atoms with Crippen LogP contribution in [0.15, 0.2) is 24.3 Å². The molecule has 1 fully saturated rings. The van der Waals surface area contributed by atoms with Crippen LogP contribution >= 0.6 is 22.6 Å². The largest absolute Gasteiger partial charge is 0.395 e. The van der Waals surface area contributed by atoms with Gasteiger partial charge in [-0.2, -0.15) is 0 Å². The molecule has 1 aromatic carbocycles. The van der Waals surface area contributed by atoms with E-state index in [0.29, 0.717) is 36.7 Å². The number of aliphatic hydroxyl groups is 1. The van der Waals surface area contributed by atoms with Crippen LogP contribution in [0.1, 0.15) is 27.8 Å². The number of halogens is 2. The Hall–Kier alpha value is -1.98. The fourth-order valence-corrected chi connectivity index (χ4v) is 3.84. The molecule has 0 atom stereocenters. The van der Waals surface area contributed by atoms with Crippen molar-refractivity contribution in [1.82, 2.24) is 14.4 Å². The second-order valence-corrected chi connectivity index (χ2v) is 8.47. The molecule has 0 saturated carbocycles. The van der Waals surface area contributed by atoms with Crippen molar-refractivity contribution in [3.05, 3.63) is 44.9 Å². The average Bonchev–Trinajstić information content (AvgIpc) is 2.93. The van der Waals surface area contributed by atoms with Gasteiger partial charge in [0, 0.05) is 43.2 Å². The summed E-state index contributed by atoms with van der Waals surface area (Å²) < 4.78 is 16.7. The van der Waals surface area contributed by atoms with Crippen LogP contribution in [0, 0.1) is 9.39 Å². The molecule has 0 spiro atoms. The highest BCUT2D eigenvalue weighted by molar-refractivity contribution is 14.1. The molecule has 0 unspecified atom stereocenters. The van der Waals surface area contributed by atoms with E-state index in [4.69, 9.17) is 5.11 Å². The lowest BCUT2D eigenvalue weighted by Gasteiger charge is -2.43. The number of carbonyl (C=O) groups excluding carboxylic acids is 2. The van der Waals surface area contributed by atoms with Gasteiger partial charge in [0.25, 0.3) is 5.91 Å². The number of likely N-dealkylation sites (tertiary alicyclic amines) is 1. The SMILES string of the molecule is CC(=O)c1cc(C(=O)N2CC(N(C)CCO)C2)c(Nc2ccc(I)cc2F)n1C. The van der Waals surface area contributed by atoms with Crippen LogP contribution in [0.4, 0.5) is 15.9 Å². The van der Waals surface area contributed by atoms with Gasteiger partial charge in [-0.3, -0.25) is 14.5 Å². The first kappa shape index (κ1) is 21.7. The highest BCUT2D eigenvalue weighted by Gasteiger charge is 2.35. The molecule has 0 aliphatic carbocycles. The summed E-state index contributed by atoms with van der Waals surface area (Å²) in [4.78, 5) is 28.8. The zero-order valence-electron chi connectivity index (χ0n) is 16.6. The van der Waals surface area contributed by atoms with Gasteiger partial charge in [-0.05, 0) is 53.9 Å². The van der Waals surface area contributed by atoms with Gasteiger partial charge in [0.1, 0.15) is 11.6 Å². The number of rotatable bonds is 7. The molecule has 9 heteroatoms. The Kier molecular flexibility index (Phi) is 6.59. The molecule has 2 heterocycles. The molecule has 1 aliphatic heterocycles. The van der Waals surface area contributed by atoms with Gasteiger partial charge in [-0.15, -0.1) is 0 Å². The number of nitrogens with zero attached hydrogens (tertiary/aromatic N) is 3. The lowest BCUT2D eigenvalue weighted by Crippen LogP contribution is -2.60. The zero-order valence-corrected chi connectivity index (χ0v) is 18.7. The second kappa shape index (κ2) is 8.80. The number of anilines is 2. The highest BCUT2D eigenvalue weighted by Crippen LogP contribution is 2.29. The summed E-state index contributed by atoms with van der Waals surface area (Å²) in [5.41, 5.74) is 0.940. The fraction of sp³-hybridized carbons (Fsp3) is 0.400. The minimum Gasteiger partial charge on any atom is -0.395 e. The third kappa shape index (κ3) is 4.46. The van der Waals surface area contributed by atoms with Gasteiger partial charge in [0.15, 0.2) is 5.78 Å². The van der Waals surface area contributed by atoms with E-state index in [2.05, 4.69) is 5.32 Å². The number of aromatic nitrogens is 1. The van der Waals surface area contributed by atoms with E-state index in [9.17, 15) is 14.0 Å². The standard InChI is InChI=1S/C20H24FIN4O3/c1-12(28)18-9-15(20(29)26-10-14(11-26)24(2)6-7-27)19(25(18)3)23-17-5-4-13(22)8-16(17)21/h4-5,8-9,14,23,27H,6-7,10-11H2,1-3H3. The van der Waals surface area contributed by atoms with Crippen molar-refractivity contribution in [3.63, 3.8) is 0 Å². The summed E-state index contributed by atoms with van der Waals surface area (Å²) in [6.45, 7) is 3.12. The molecule has 1 aromatic heterocycles. The van der Waals surface area contributed by atoms with Gasteiger partial charge in [0.05, 0.1) is 23.6 Å². The van der Waals surface area contributed by atoms with E-state index >= 15 is 0 Å². The first-order chi connectivity index (χ1) is 13.7. The summed E-state index contributed by atoms with van der Waals surface area (Å²) in [6.07, 6.45) is 0. The molecule has 29 heavy (non-hydrogen) atoms. The molecule has 156 valence electrons. The van der Waals surface area contributed by atoms with Crippen LogP contribution in [-0.4, -0.2) is 70.5 Å². The number of aliphatic hydroxyl groups excluding tert-OH is 1. The Labute approximate surface area is 182 Å². The molecule has 7 nitrogen and oxygen atoms in total. The number of ketones is 1. The Morgan fingerprint density at radius 2 is 2.03 bits per heavy atom. The Balaban J connectivity index is 1.87. The van der Waals surface area contributed by atoms with Crippen LogP contribution in [0.25, 0.3) is 0 Å². The highest BCUT2D eigenvalue weighted by atomic mass is 127. The van der Waals surface area contributed by atoms with Gasteiger partial charge in [-0.25, -0.2) is 4.39 Å². The van der Waals surface area contributed by atoms with Crippen LogP contribution < -0.4 is 5.32 Å². The third-order valence-electron chi connectivity index (χ3n) is 5.23. The summed E-state index contributed by atoms with van der Waals surface area (Å²) in [7, 11) is 3.58. The molecule has 3 rings (SSSR count). The lowest BCUT2D eigenvalue weighted by atomic mass is 10.1. The minimum absolute atomic E-state index is 0.0667. The summed E-state index contributed by atoms with van der Waals surface area (Å²) in [6, 6.07) is 6.51. The number of Topliss-reactive ketones (excluding diaryl/α,β-unsaturated/α-hetero) is 1. The molecule has 2 aromatic rings. The van der Waals surface area contributed by atoms with Crippen LogP contribution in [0.2, 0.25) is 0 Å². The van der Waals surface area contributed by atoms with E-state index in [1.165, 1.54) is 13.0 Å². The van der Waals surface area contributed by atoms with Gasteiger partial charge in [-0.1, -0.05) is 0 Å². The second-order valence-electron chi connectivity index (χ2n) is 7.22. The maximum atomic E-state index is 14.3. The number of carbonyl (C=O) groups is 2. The number of hydrogen-bond donors (Lipinski definition) is 2. The van der Waals surface area contributed by atoms with Crippen molar-refractivity contribution in [3.8, 4) is 0 Å². The zero-order chi connectivity index (χ0) is 21.3. The number of amides is 1. The number of likely N-dealkylation sites (N-methyl/N-ethyl adjacent to an activating group) is 1. The lowest BCUT2D eigenvalue weighted by molar-refractivity contribution is 0.0303. The van der Waals surface area contributed by atoms with Crippen LogP contribution in [-0.2, 0) is 7.05 Å². The van der Waals surface area contributed by atoms with E-state index in [1.54, 1.807) is 34.7 Å². The maximum absolute atomic E-state index is 14.3. The molecule has 1 saturated heterocycles. The normalized spacial score (nSPS) is 14.2. The molecule has 1 amide bonds. The number of hydrogen-bond acceptors (Lipinski definition) is 5. The smallest absolute Gasteiger partial charge is 0.257 e. The van der Waals surface area contributed by atoms with Crippen molar-refractivity contribution < 1.29 is 19.1 Å². The number of benzene rings is 1. The van der Waals surface area contributed by atoms with Gasteiger partial charge in [0.2, 0.25) is 0 Å². The Morgan fingerprint density at radius 1 is 1.34 bits per heavy atom. The quantitative estimate of drug-likeness (QED) is 0.439. The topological polar surface area (TPSA) is 77.8 Å². The van der Waals surface area contributed by atoms with Crippen LogP contribution in [0.3, 0.4) is 0 Å². The monoisotopic (exact) mass is 514 g/mol. The van der Waals surface area contributed by atoms with Crippen molar-refractivity contribution >= 4 is 45.8 Å². The molecular weight excluding hydrogens is 490 g/mol. The van der Waals surface area contributed by atoms with E-state index in [0.717, 1.165) is 3.57 Å². The summed E-state index contributed by atoms with van der Waals surface area (Å²) in [5, 5.41) is 12.1. The predicted molar refractivity (Wildman–Crippen MR) is 117 cm³/mol. The number of nitrogens with one attached hydrogen (secondary N) is 1. The third-order valence-corrected chi connectivity index (χ3v) is 5.90. The molecule has 1 aliphatic rings. The van der Waals surface area contributed by atoms with Crippen LogP contribution in [0.5, 0.6) is 0 Å². The molecule has 0 radical (unpaired) electrons. The molecule has 2 N–H and O–H groups in total. The average molecular weight is 514 g/mol. The minimum atomic E-state index is -0.435. The predicted octanol–water partition coefficient (Wildman–Crippen LogP) is 2.46. The first-order valence-corrected chi connectivity index (χ1v) is 10.3. The Bertz CT molecular complexity index is 940. The molecular formula is C20H24FIN4O3. The summed E-state index contributed by atoms with van der Waals surface area (Å²) >= 11 is 2.03. The van der Waals surface area contributed by atoms with Gasteiger partial charge < -0.3 is 19.9 Å².